The highest BCUT2D eigenvalue weighted by molar-refractivity contribution is 5.64. The molecule has 1 amide bonds. The zero-order valence-electron chi connectivity index (χ0n) is 8.73. The van der Waals surface area contributed by atoms with Crippen molar-refractivity contribution in [2.75, 3.05) is 6.54 Å². The Morgan fingerprint density at radius 2 is 1.88 bits per heavy atom. The first-order chi connectivity index (χ1) is 7.29. The van der Waals surface area contributed by atoms with E-state index in [1.54, 1.807) is 0 Å². The second-order valence-corrected chi connectivity index (χ2v) is 5.14. The standard InChI is InChI=1S/C10H14F3NO2/c11-10(12,13)9-4-8(5-9,6-9)2-1-3-14-7(15)16/h14H,1-6H2,(H,15,16). The second-order valence-electron chi connectivity index (χ2n) is 5.14. The first-order valence-corrected chi connectivity index (χ1v) is 5.32. The van der Waals surface area contributed by atoms with Crippen LogP contribution < -0.4 is 5.32 Å². The number of carbonyl (C=O) groups is 1. The molecule has 0 spiro atoms. The minimum Gasteiger partial charge on any atom is -0.465 e. The highest BCUT2D eigenvalue weighted by Crippen LogP contribution is 2.79. The molecule has 0 heterocycles. The van der Waals surface area contributed by atoms with Gasteiger partial charge in [-0.3, -0.25) is 0 Å². The van der Waals surface area contributed by atoms with Crippen molar-refractivity contribution in [3.63, 3.8) is 0 Å². The van der Waals surface area contributed by atoms with Crippen molar-refractivity contribution in [1.82, 2.24) is 5.32 Å². The molecule has 3 fully saturated rings. The van der Waals surface area contributed by atoms with Crippen molar-refractivity contribution in [3.8, 4) is 0 Å². The number of rotatable bonds is 4. The van der Waals surface area contributed by atoms with Crippen molar-refractivity contribution < 1.29 is 23.1 Å². The molecule has 16 heavy (non-hydrogen) atoms. The maximum atomic E-state index is 12.5. The molecule has 3 nitrogen and oxygen atoms in total. The fourth-order valence-corrected chi connectivity index (χ4v) is 3.22. The van der Waals surface area contributed by atoms with Crippen molar-refractivity contribution in [2.24, 2.45) is 10.8 Å². The third-order valence-electron chi connectivity index (χ3n) is 3.90. The molecule has 3 aliphatic carbocycles. The first-order valence-electron chi connectivity index (χ1n) is 5.32. The molecule has 6 heteroatoms. The summed E-state index contributed by atoms with van der Waals surface area (Å²) in [5.74, 6) is 0. The summed E-state index contributed by atoms with van der Waals surface area (Å²) >= 11 is 0. The number of alkyl halides is 3. The number of hydrogen-bond acceptors (Lipinski definition) is 1. The van der Waals surface area contributed by atoms with E-state index in [0.717, 1.165) is 0 Å². The van der Waals surface area contributed by atoms with Gasteiger partial charge in [-0.2, -0.15) is 13.2 Å². The topological polar surface area (TPSA) is 49.3 Å². The predicted molar refractivity (Wildman–Crippen MR) is 50.0 cm³/mol. The van der Waals surface area contributed by atoms with Crippen LogP contribution in [0.4, 0.5) is 18.0 Å². The smallest absolute Gasteiger partial charge is 0.404 e. The minimum absolute atomic E-state index is 0.129. The summed E-state index contributed by atoms with van der Waals surface area (Å²) in [6, 6.07) is 0. The molecule has 2 N–H and O–H groups in total. The van der Waals surface area contributed by atoms with Crippen LogP contribution in [0.25, 0.3) is 0 Å². The fourth-order valence-electron chi connectivity index (χ4n) is 3.22. The molecule has 0 aliphatic heterocycles. The van der Waals surface area contributed by atoms with E-state index in [4.69, 9.17) is 5.11 Å². The summed E-state index contributed by atoms with van der Waals surface area (Å²) in [4.78, 5) is 10.1. The Morgan fingerprint density at radius 1 is 1.31 bits per heavy atom. The van der Waals surface area contributed by atoms with E-state index in [1.165, 1.54) is 0 Å². The molecular formula is C10H14F3NO2. The van der Waals surface area contributed by atoms with Gasteiger partial charge in [0, 0.05) is 6.54 Å². The lowest BCUT2D eigenvalue weighted by Crippen LogP contribution is -2.68. The third-order valence-corrected chi connectivity index (χ3v) is 3.90. The highest BCUT2D eigenvalue weighted by Gasteiger charge is 2.77. The van der Waals surface area contributed by atoms with Crippen molar-refractivity contribution in [1.29, 1.82) is 0 Å². The zero-order chi connectivity index (χ0) is 12.0. The van der Waals surface area contributed by atoms with E-state index in [2.05, 4.69) is 5.32 Å². The van der Waals surface area contributed by atoms with Gasteiger partial charge in [-0.25, -0.2) is 4.79 Å². The van der Waals surface area contributed by atoms with Gasteiger partial charge in [-0.05, 0) is 37.5 Å². The maximum absolute atomic E-state index is 12.5. The summed E-state index contributed by atoms with van der Waals surface area (Å²) in [5, 5.41) is 10.5. The van der Waals surface area contributed by atoms with Gasteiger partial charge in [0.15, 0.2) is 0 Å². The maximum Gasteiger partial charge on any atom is 0.404 e. The highest BCUT2D eigenvalue weighted by atomic mass is 19.4. The van der Waals surface area contributed by atoms with Crippen LogP contribution in [0.2, 0.25) is 0 Å². The van der Waals surface area contributed by atoms with Gasteiger partial charge in [-0.15, -0.1) is 0 Å². The molecule has 0 unspecified atom stereocenters. The van der Waals surface area contributed by atoms with E-state index >= 15 is 0 Å². The van der Waals surface area contributed by atoms with Gasteiger partial charge in [0.25, 0.3) is 0 Å². The SMILES string of the molecule is O=C(O)NCCCC12CC(C(F)(F)F)(C1)C2. The normalized spacial score (nSPS) is 36.2. The molecule has 0 aromatic carbocycles. The van der Waals surface area contributed by atoms with E-state index in [1.807, 2.05) is 0 Å². The lowest BCUT2D eigenvalue weighted by molar-refractivity contribution is -0.364. The molecule has 0 atom stereocenters. The van der Waals surface area contributed by atoms with Gasteiger partial charge >= 0.3 is 12.3 Å². The molecule has 0 radical (unpaired) electrons. The largest absolute Gasteiger partial charge is 0.465 e. The van der Waals surface area contributed by atoms with Gasteiger partial charge in [-0.1, -0.05) is 0 Å². The molecule has 3 rings (SSSR count). The van der Waals surface area contributed by atoms with E-state index < -0.39 is 17.7 Å². The van der Waals surface area contributed by atoms with E-state index in [0.29, 0.717) is 19.4 Å². The molecule has 3 saturated carbocycles. The number of carboxylic acid groups (broad SMARTS) is 1. The fraction of sp³-hybridized carbons (Fsp3) is 0.900. The lowest BCUT2D eigenvalue weighted by atomic mass is 9.34. The Hall–Kier alpha value is -0.940. The van der Waals surface area contributed by atoms with Crippen LogP contribution in [0, 0.1) is 10.8 Å². The lowest BCUT2D eigenvalue weighted by Gasteiger charge is -2.71. The molecule has 0 saturated heterocycles. The van der Waals surface area contributed by atoms with Crippen LogP contribution in [0.1, 0.15) is 32.1 Å². The van der Waals surface area contributed by atoms with Crippen molar-refractivity contribution in [3.05, 3.63) is 0 Å². The average molecular weight is 237 g/mol. The quantitative estimate of drug-likeness (QED) is 0.738. The van der Waals surface area contributed by atoms with Crippen molar-refractivity contribution >= 4 is 6.09 Å². The van der Waals surface area contributed by atoms with Gasteiger partial charge in [0.2, 0.25) is 0 Å². The molecule has 0 aromatic heterocycles. The molecule has 3 aliphatic rings. The van der Waals surface area contributed by atoms with Crippen LogP contribution in [0.15, 0.2) is 0 Å². The Bertz CT molecular complexity index is 294. The average Bonchev–Trinajstić information content (AvgIpc) is 1.94. The zero-order valence-corrected chi connectivity index (χ0v) is 8.73. The van der Waals surface area contributed by atoms with Crippen LogP contribution in [-0.2, 0) is 0 Å². The summed E-state index contributed by atoms with van der Waals surface area (Å²) < 4.78 is 37.5. The van der Waals surface area contributed by atoms with E-state index in [9.17, 15) is 18.0 Å². The molecule has 92 valence electrons. The predicted octanol–water partition coefficient (Wildman–Crippen LogP) is 2.77. The second kappa shape index (κ2) is 3.28. The number of halogens is 3. The van der Waals surface area contributed by atoms with Crippen molar-refractivity contribution in [2.45, 2.75) is 38.3 Å². The number of nitrogens with one attached hydrogen (secondary N) is 1. The van der Waals surface area contributed by atoms with Gasteiger partial charge in [0.1, 0.15) is 0 Å². The van der Waals surface area contributed by atoms with Crippen LogP contribution in [0.3, 0.4) is 0 Å². The Morgan fingerprint density at radius 3 is 2.31 bits per heavy atom. The summed E-state index contributed by atoms with van der Waals surface area (Å²) in [6.45, 7) is 0.329. The third kappa shape index (κ3) is 1.64. The van der Waals surface area contributed by atoms with E-state index in [-0.39, 0.29) is 24.7 Å². The Kier molecular flexibility index (Phi) is 2.36. The van der Waals surface area contributed by atoms with Crippen LogP contribution >= 0.6 is 0 Å². The monoisotopic (exact) mass is 237 g/mol. The van der Waals surface area contributed by atoms with Crippen LogP contribution in [-0.4, -0.2) is 23.9 Å². The summed E-state index contributed by atoms with van der Waals surface area (Å²) in [5.41, 5.74) is -1.51. The number of hydrogen-bond donors (Lipinski definition) is 2. The molecular weight excluding hydrogens is 223 g/mol. The summed E-state index contributed by atoms with van der Waals surface area (Å²) in [7, 11) is 0. The summed E-state index contributed by atoms with van der Waals surface area (Å²) in [6.07, 6.45) is -3.06. The molecule has 0 aromatic rings. The minimum atomic E-state index is -4.05. The van der Waals surface area contributed by atoms with Crippen LogP contribution in [0.5, 0.6) is 0 Å². The number of amides is 1. The Labute approximate surface area is 91.0 Å². The first kappa shape index (κ1) is 11.5. The van der Waals surface area contributed by atoms with Gasteiger partial charge < -0.3 is 10.4 Å². The molecule has 2 bridgehead atoms. The Balaban J connectivity index is 1.68. The van der Waals surface area contributed by atoms with Gasteiger partial charge in [0.05, 0.1) is 5.41 Å².